The summed E-state index contributed by atoms with van der Waals surface area (Å²) < 4.78 is 40.4. The van der Waals surface area contributed by atoms with E-state index in [9.17, 15) is 18.0 Å². The van der Waals surface area contributed by atoms with Gasteiger partial charge in [0.25, 0.3) is 0 Å². The fourth-order valence-corrected chi connectivity index (χ4v) is 1.13. The minimum atomic E-state index is -4.36. The third-order valence-electron chi connectivity index (χ3n) is 2.00. The lowest BCUT2D eigenvalue weighted by Gasteiger charge is -2.25. The van der Waals surface area contributed by atoms with E-state index in [4.69, 9.17) is 4.74 Å². The lowest BCUT2D eigenvalue weighted by Crippen LogP contribution is -2.34. The van der Waals surface area contributed by atoms with E-state index in [1.807, 2.05) is 0 Å². The summed E-state index contributed by atoms with van der Waals surface area (Å²) in [4.78, 5) is 11.2. The first-order valence-electron chi connectivity index (χ1n) is 5.24. The van der Waals surface area contributed by atoms with Crippen LogP contribution in [0.15, 0.2) is 12.2 Å². The highest BCUT2D eigenvalue weighted by atomic mass is 19.4. The molecule has 0 saturated carbocycles. The predicted molar refractivity (Wildman–Crippen MR) is 58.3 cm³/mol. The standard InChI is InChI=1S/C11H18F3NO2/c1-8(2)9(16)17-10(3,4)6-5-7-15-11(12,13)14/h15H,1,5-7H2,2-4H3. The van der Waals surface area contributed by atoms with Crippen LogP contribution in [-0.2, 0) is 9.53 Å². The second kappa shape index (κ2) is 6.05. The summed E-state index contributed by atoms with van der Waals surface area (Å²) in [5, 5.41) is 1.41. The Hall–Kier alpha value is -1.04. The van der Waals surface area contributed by atoms with Crippen LogP contribution in [0, 0.1) is 0 Å². The highest BCUT2D eigenvalue weighted by Gasteiger charge is 2.27. The molecule has 0 amide bonds. The molecule has 0 aromatic heterocycles. The normalized spacial score (nSPS) is 12.4. The summed E-state index contributed by atoms with van der Waals surface area (Å²) in [6, 6.07) is 0. The molecule has 1 N–H and O–H groups in total. The first-order chi connectivity index (χ1) is 7.53. The van der Waals surface area contributed by atoms with E-state index in [1.54, 1.807) is 13.8 Å². The summed E-state index contributed by atoms with van der Waals surface area (Å²) >= 11 is 0. The summed E-state index contributed by atoms with van der Waals surface area (Å²) in [7, 11) is 0. The molecule has 6 heteroatoms. The second-order valence-corrected chi connectivity index (χ2v) is 4.46. The quantitative estimate of drug-likeness (QED) is 0.342. The maximum atomic E-state index is 11.8. The van der Waals surface area contributed by atoms with E-state index in [-0.39, 0.29) is 18.5 Å². The van der Waals surface area contributed by atoms with Gasteiger partial charge in [0.05, 0.1) is 0 Å². The van der Waals surface area contributed by atoms with E-state index in [0.717, 1.165) is 0 Å². The highest BCUT2D eigenvalue weighted by Crippen LogP contribution is 2.18. The monoisotopic (exact) mass is 253 g/mol. The van der Waals surface area contributed by atoms with Crippen molar-refractivity contribution in [2.75, 3.05) is 6.54 Å². The molecule has 0 aromatic carbocycles. The van der Waals surface area contributed by atoms with Crippen LogP contribution >= 0.6 is 0 Å². The van der Waals surface area contributed by atoms with E-state index in [1.165, 1.54) is 12.2 Å². The van der Waals surface area contributed by atoms with Gasteiger partial charge in [0.1, 0.15) is 5.60 Å². The zero-order chi connectivity index (χ0) is 13.7. The minimum absolute atomic E-state index is 0.197. The molecular weight excluding hydrogens is 235 g/mol. The highest BCUT2D eigenvalue weighted by molar-refractivity contribution is 5.87. The van der Waals surface area contributed by atoms with E-state index >= 15 is 0 Å². The molecule has 0 aliphatic heterocycles. The van der Waals surface area contributed by atoms with Gasteiger partial charge in [-0.2, -0.15) is 13.2 Å². The first kappa shape index (κ1) is 16.0. The number of rotatable bonds is 6. The van der Waals surface area contributed by atoms with Gasteiger partial charge in [-0.05, 0) is 33.6 Å². The van der Waals surface area contributed by atoms with E-state index in [2.05, 4.69) is 6.58 Å². The number of ether oxygens (including phenoxy) is 1. The number of carbonyl (C=O) groups excluding carboxylic acids is 1. The van der Waals surface area contributed by atoms with Gasteiger partial charge in [0.2, 0.25) is 0 Å². The van der Waals surface area contributed by atoms with Crippen molar-refractivity contribution in [3.8, 4) is 0 Å². The molecule has 0 fully saturated rings. The second-order valence-electron chi connectivity index (χ2n) is 4.46. The van der Waals surface area contributed by atoms with Crippen LogP contribution < -0.4 is 5.32 Å². The maximum Gasteiger partial charge on any atom is 0.457 e. The Kier molecular flexibility index (Phi) is 5.68. The van der Waals surface area contributed by atoms with E-state index in [0.29, 0.717) is 6.42 Å². The van der Waals surface area contributed by atoms with Crippen molar-refractivity contribution >= 4 is 5.97 Å². The zero-order valence-electron chi connectivity index (χ0n) is 10.3. The van der Waals surface area contributed by atoms with Gasteiger partial charge in [0, 0.05) is 12.1 Å². The average Bonchev–Trinajstić information content (AvgIpc) is 2.10. The SMILES string of the molecule is C=C(C)C(=O)OC(C)(C)CCCNC(F)(F)F. The molecule has 17 heavy (non-hydrogen) atoms. The van der Waals surface area contributed by atoms with Crippen LogP contribution in [0.5, 0.6) is 0 Å². The Labute approximate surface area is 99.0 Å². The Balaban J connectivity index is 3.94. The summed E-state index contributed by atoms with van der Waals surface area (Å²) in [6.45, 7) is 8.06. The molecule has 0 aliphatic carbocycles. The lowest BCUT2D eigenvalue weighted by molar-refractivity contribution is -0.159. The maximum absolute atomic E-state index is 11.8. The van der Waals surface area contributed by atoms with Crippen LogP contribution in [0.4, 0.5) is 13.2 Å². The fourth-order valence-electron chi connectivity index (χ4n) is 1.13. The summed E-state index contributed by atoms with van der Waals surface area (Å²) in [5.41, 5.74) is -0.518. The molecular formula is C11H18F3NO2. The number of nitrogens with one attached hydrogen (secondary N) is 1. The molecule has 3 nitrogen and oxygen atoms in total. The number of hydrogen-bond donors (Lipinski definition) is 1. The predicted octanol–water partition coefficient (Wildman–Crippen LogP) is 2.77. The van der Waals surface area contributed by atoms with Gasteiger partial charge in [-0.15, -0.1) is 0 Å². The van der Waals surface area contributed by atoms with E-state index < -0.39 is 17.9 Å². The smallest absolute Gasteiger partial charge is 0.456 e. The third-order valence-corrected chi connectivity index (χ3v) is 2.00. The molecule has 0 aromatic rings. The number of carbonyl (C=O) groups is 1. The molecule has 0 unspecified atom stereocenters. The largest absolute Gasteiger partial charge is 0.457 e. The molecule has 0 spiro atoms. The molecule has 100 valence electrons. The van der Waals surface area contributed by atoms with Gasteiger partial charge in [0.15, 0.2) is 0 Å². The minimum Gasteiger partial charge on any atom is -0.456 e. The van der Waals surface area contributed by atoms with Crippen molar-refractivity contribution in [1.82, 2.24) is 5.32 Å². The number of esters is 1. The van der Waals surface area contributed by atoms with Crippen molar-refractivity contribution < 1.29 is 22.7 Å². The van der Waals surface area contributed by atoms with Gasteiger partial charge < -0.3 is 4.74 Å². The van der Waals surface area contributed by atoms with Crippen molar-refractivity contribution in [2.45, 2.75) is 45.5 Å². The summed E-state index contributed by atoms with van der Waals surface area (Å²) in [5.74, 6) is -0.529. The van der Waals surface area contributed by atoms with Crippen LogP contribution in [0.1, 0.15) is 33.6 Å². The van der Waals surface area contributed by atoms with Crippen molar-refractivity contribution in [2.24, 2.45) is 0 Å². The number of hydrogen-bond acceptors (Lipinski definition) is 3. The van der Waals surface area contributed by atoms with Gasteiger partial charge in [-0.1, -0.05) is 6.58 Å². The van der Waals surface area contributed by atoms with Gasteiger partial charge >= 0.3 is 12.3 Å². The molecule has 0 atom stereocenters. The molecule has 0 radical (unpaired) electrons. The molecule has 0 rings (SSSR count). The Bertz CT molecular complexity index is 285. The van der Waals surface area contributed by atoms with Crippen LogP contribution in [0.3, 0.4) is 0 Å². The van der Waals surface area contributed by atoms with Gasteiger partial charge in [-0.3, -0.25) is 0 Å². The molecule has 0 saturated heterocycles. The fraction of sp³-hybridized carbons (Fsp3) is 0.727. The van der Waals surface area contributed by atoms with Crippen LogP contribution in [0.2, 0.25) is 0 Å². The Morgan fingerprint density at radius 3 is 2.29 bits per heavy atom. The van der Waals surface area contributed by atoms with Crippen molar-refractivity contribution in [3.05, 3.63) is 12.2 Å². The summed E-state index contributed by atoms with van der Waals surface area (Å²) in [6.07, 6.45) is -3.76. The van der Waals surface area contributed by atoms with Crippen LogP contribution in [0.25, 0.3) is 0 Å². The average molecular weight is 253 g/mol. The van der Waals surface area contributed by atoms with Crippen molar-refractivity contribution in [1.29, 1.82) is 0 Å². The zero-order valence-corrected chi connectivity index (χ0v) is 10.3. The lowest BCUT2D eigenvalue weighted by atomic mass is 10.0. The van der Waals surface area contributed by atoms with Gasteiger partial charge in [-0.25, -0.2) is 10.1 Å². The van der Waals surface area contributed by atoms with Crippen LogP contribution in [-0.4, -0.2) is 24.4 Å². The first-order valence-corrected chi connectivity index (χ1v) is 5.24. The molecule has 0 aliphatic rings. The molecule has 0 bridgehead atoms. The Morgan fingerprint density at radius 1 is 1.35 bits per heavy atom. The topological polar surface area (TPSA) is 38.3 Å². The Morgan fingerprint density at radius 2 is 1.88 bits per heavy atom. The number of halogens is 3. The van der Waals surface area contributed by atoms with Crippen molar-refractivity contribution in [3.63, 3.8) is 0 Å². The number of alkyl halides is 3. The molecule has 0 heterocycles. The third kappa shape index (κ3) is 8.74.